The van der Waals surface area contributed by atoms with Crippen LogP contribution in [0.3, 0.4) is 0 Å². The summed E-state index contributed by atoms with van der Waals surface area (Å²) in [7, 11) is 0. The van der Waals surface area contributed by atoms with Crippen LogP contribution in [-0.4, -0.2) is 27.7 Å². The lowest BCUT2D eigenvalue weighted by molar-refractivity contribution is 1.11. The average molecular weight is 855 g/mol. The van der Waals surface area contributed by atoms with Crippen LogP contribution in [0.2, 0.25) is 0 Å². The third-order valence-electron chi connectivity index (χ3n) is 14.1. The predicted molar refractivity (Wildman–Crippen MR) is 278 cm³/mol. The van der Waals surface area contributed by atoms with Crippen molar-refractivity contribution in [1.29, 1.82) is 0 Å². The number of imidazole rings is 2. The van der Waals surface area contributed by atoms with Crippen LogP contribution in [0.5, 0.6) is 0 Å². The van der Waals surface area contributed by atoms with Gasteiger partial charge in [0, 0.05) is 43.7 Å². The third kappa shape index (κ3) is 5.01. The Morgan fingerprint density at radius 2 is 0.746 bits per heavy atom. The van der Waals surface area contributed by atoms with Gasteiger partial charge in [0.15, 0.2) is 0 Å². The number of aromatic nitrogens is 6. The number of para-hydroxylation sites is 9. The predicted octanol–water partition coefficient (Wildman–Crippen LogP) is 15.4. The van der Waals surface area contributed by atoms with E-state index in [9.17, 15) is 0 Å². The van der Waals surface area contributed by atoms with Crippen LogP contribution in [0.25, 0.3) is 127 Å². The van der Waals surface area contributed by atoms with E-state index in [-0.39, 0.29) is 0 Å². The van der Waals surface area contributed by atoms with Gasteiger partial charge >= 0.3 is 0 Å². The Balaban J connectivity index is 0.969. The summed E-state index contributed by atoms with van der Waals surface area (Å²) in [4.78, 5) is 5.53. The largest absolute Gasteiger partial charge is 0.307 e. The van der Waals surface area contributed by atoms with E-state index in [0.717, 1.165) is 72.8 Å². The lowest BCUT2D eigenvalue weighted by atomic mass is 10.0. The average Bonchev–Trinajstić information content (AvgIpc) is 4.19. The number of fused-ring (bicyclic) bond motifs is 14. The maximum atomic E-state index is 5.53. The lowest BCUT2D eigenvalue weighted by Crippen LogP contribution is -2.00. The van der Waals surface area contributed by atoms with Crippen molar-refractivity contribution in [3.05, 3.63) is 231 Å². The van der Waals surface area contributed by atoms with E-state index in [1.54, 1.807) is 0 Å². The van der Waals surface area contributed by atoms with Gasteiger partial charge < -0.3 is 13.7 Å². The van der Waals surface area contributed by atoms with Gasteiger partial charge in [0.1, 0.15) is 5.52 Å². The Labute approximate surface area is 383 Å². The molecule has 5 heterocycles. The first kappa shape index (κ1) is 36.2. The molecule has 0 aliphatic carbocycles. The van der Waals surface area contributed by atoms with Crippen molar-refractivity contribution in [3.8, 4) is 33.9 Å². The van der Waals surface area contributed by atoms with Crippen molar-refractivity contribution in [2.24, 2.45) is 0 Å². The quantitative estimate of drug-likeness (QED) is 0.170. The molecule has 0 saturated carbocycles. The molecule has 0 atom stereocenters. The van der Waals surface area contributed by atoms with Gasteiger partial charge in [-0.1, -0.05) is 140 Å². The SMILES string of the molecule is c1ccc(-n2c3ccc(-c4ccc5c6ccccc6n(-c6cccc7c6nc6n(-c8ccccc8)c8ccccc8n76)c5c4)cc3c3cccc(-n4c5ccccc5c5ccccc54)c32)cc1. The smallest absolute Gasteiger partial charge is 0.220 e. The fourth-order valence-electron chi connectivity index (χ4n) is 11.3. The Morgan fingerprint density at radius 1 is 0.269 bits per heavy atom. The van der Waals surface area contributed by atoms with E-state index in [1.807, 2.05) is 0 Å². The molecule has 0 radical (unpaired) electrons. The van der Waals surface area contributed by atoms with E-state index in [4.69, 9.17) is 4.98 Å². The highest BCUT2D eigenvalue weighted by atomic mass is 15.2. The summed E-state index contributed by atoms with van der Waals surface area (Å²) < 4.78 is 11.9. The van der Waals surface area contributed by atoms with Crippen LogP contribution >= 0.6 is 0 Å². The van der Waals surface area contributed by atoms with Crippen LogP contribution < -0.4 is 0 Å². The molecular formula is C61H38N6. The molecule has 6 nitrogen and oxygen atoms in total. The second-order valence-electron chi connectivity index (χ2n) is 17.6. The standard InChI is InChI=1S/C61H38N6/c1-3-17-41(18-4-1)63-52-36-34-39(37-48(52)47-24-15-32-57(60(47)63)65-49-25-10-7-21-43(49)44-22-8-11-26-50(44)65)40-33-35-46-45-23-9-12-27-51(45)66(58(46)38-40)55-30-16-31-56-59(55)62-61-64(42-19-5-2-6-20-42)53-28-13-14-29-54(53)67(56)61/h1-38H. The molecule has 0 amide bonds. The monoisotopic (exact) mass is 854 g/mol. The molecule has 0 fully saturated rings. The first-order chi connectivity index (χ1) is 33.3. The summed E-state index contributed by atoms with van der Waals surface area (Å²) in [5, 5.41) is 7.33. The highest BCUT2D eigenvalue weighted by molar-refractivity contribution is 6.16. The van der Waals surface area contributed by atoms with E-state index in [1.165, 1.54) is 54.4 Å². The van der Waals surface area contributed by atoms with E-state index >= 15 is 0 Å². The van der Waals surface area contributed by atoms with Crippen molar-refractivity contribution in [2.75, 3.05) is 0 Å². The summed E-state index contributed by atoms with van der Waals surface area (Å²) in [5.74, 6) is 0.889. The Bertz CT molecular complexity index is 4450. The number of benzene rings is 10. The fraction of sp³-hybridized carbons (Fsp3) is 0. The molecule has 0 saturated heterocycles. The summed E-state index contributed by atoms with van der Waals surface area (Å²) >= 11 is 0. The highest BCUT2D eigenvalue weighted by Gasteiger charge is 2.23. The highest BCUT2D eigenvalue weighted by Crippen LogP contribution is 2.43. The number of hydrogen-bond donors (Lipinski definition) is 0. The lowest BCUT2D eigenvalue weighted by Gasteiger charge is -2.14. The number of rotatable bonds is 5. The zero-order valence-electron chi connectivity index (χ0n) is 36.1. The summed E-state index contributed by atoms with van der Waals surface area (Å²) in [6.07, 6.45) is 0. The molecular weight excluding hydrogens is 817 g/mol. The van der Waals surface area contributed by atoms with Crippen molar-refractivity contribution in [2.45, 2.75) is 0 Å². The maximum absolute atomic E-state index is 5.53. The minimum Gasteiger partial charge on any atom is -0.307 e. The first-order valence-corrected chi connectivity index (χ1v) is 22.9. The molecule has 6 heteroatoms. The maximum Gasteiger partial charge on any atom is 0.220 e. The van der Waals surface area contributed by atoms with E-state index < -0.39 is 0 Å². The molecule has 0 bridgehead atoms. The molecule has 0 unspecified atom stereocenters. The molecule has 15 rings (SSSR count). The number of nitrogens with zero attached hydrogens (tertiary/aromatic N) is 6. The van der Waals surface area contributed by atoms with Gasteiger partial charge in [0.05, 0.1) is 61.0 Å². The molecule has 5 aromatic heterocycles. The van der Waals surface area contributed by atoms with Crippen molar-refractivity contribution < 1.29 is 0 Å². The summed E-state index contributed by atoms with van der Waals surface area (Å²) in [5.41, 5.74) is 18.0. The van der Waals surface area contributed by atoms with Gasteiger partial charge in [0.25, 0.3) is 0 Å². The first-order valence-electron chi connectivity index (χ1n) is 22.9. The van der Waals surface area contributed by atoms with Crippen molar-refractivity contribution in [1.82, 2.24) is 27.7 Å². The zero-order valence-corrected chi connectivity index (χ0v) is 36.1. The summed E-state index contributed by atoms with van der Waals surface area (Å²) in [6.45, 7) is 0. The second-order valence-corrected chi connectivity index (χ2v) is 17.6. The van der Waals surface area contributed by atoms with Crippen LogP contribution in [0.1, 0.15) is 0 Å². The Kier molecular flexibility index (Phi) is 7.40. The van der Waals surface area contributed by atoms with Gasteiger partial charge in [-0.2, -0.15) is 0 Å². The zero-order chi connectivity index (χ0) is 43.7. The van der Waals surface area contributed by atoms with Crippen LogP contribution in [0.15, 0.2) is 231 Å². The van der Waals surface area contributed by atoms with E-state index in [0.29, 0.717) is 0 Å². The second kappa shape index (κ2) is 13.7. The summed E-state index contributed by atoms with van der Waals surface area (Å²) in [6, 6.07) is 83.6. The van der Waals surface area contributed by atoms with Gasteiger partial charge in [-0.15, -0.1) is 0 Å². The minimum absolute atomic E-state index is 0.889. The third-order valence-corrected chi connectivity index (χ3v) is 14.1. The molecule has 0 aliphatic rings. The Hall–Kier alpha value is -9.13. The van der Waals surface area contributed by atoms with Gasteiger partial charge in [-0.05, 0) is 102 Å². The van der Waals surface area contributed by atoms with Gasteiger partial charge in [-0.25, -0.2) is 4.98 Å². The molecule has 0 aliphatic heterocycles. The molecule has 10 aromatic carbocycles. The molecule has 15 aromatic rings. The molecule has 0 N–H and O–H groups in total. The fourth-order valence-corrected chi connectivity index (χ4v) is 11.3. The van der Waals surface area contributed by atoms with Crippen LogP contribution in [0.4, 0.5) is 0 Å². The molecule has 0 spiro atoms. The number of hydrogen-bond acceptors (Lipinski definition) is 1. The van der Waals surface area contributed by atoms with Crippen LogP contribution in [0, 0.1) is 0 Å². The molecule has 67 heavy (non-hydrogen) atoms. The Morgan fingerprint density at radius 3 is 1.43 bits per heavy atom. The van der Waals surface area contributed by atoms with Gasteiger partial charge in [-0.3, -0.25) is 8.97 Å². The van der Waals surface area contributed by atoms with Crippen molar-refractivity contribution >= 4 is 93.3 Å². The topological polar surface area (TPSA) is 37.0 Å². The minimum atomic E-state index is 0.889. The van der Waals surface area contributed by atoms with Crippen molar-refractivity contribution in [3.63, 3.8) is 0 Å². The van der Waals surface area contributed by atoms with Gasteiger partial charge in [0.2, 0.25) is 5.78 Å². The van der Waals surface area contributed by atoms with Crippen LogP contribution in [-0.2, 0) is 0 Å². The molecule has 312 valence electrons. The normalized spacial score (nSPS) is 12.2. The van der Waals surface area contributed by atoms with E-state index in [2.05, 4.69) is 253 Å².